The fraction of sp³-hybridized carbons (Fsp3) is 0.269. The number of rotatable bonds is 5. The molecular weight excluding hydrogens is 470 g/mol. The smallest absolute Gasteiger partial charge is 0.272 e. The maximum absolute atomic E-state index is 13.2. The molecule has 5 aromatic rings. The van der Waals surface area contributed by atoms with Gasteiger partial charge in [0.1, 0.15) is 34.9 Å². The van der Waals surface area contributed by atoms with E-state index in [0.717, 1.165) is 48.2 Å². The fourth-order valence-electron chi connectivity index (χ4n) is 5.01. The third-order valence-electron chi connectivity index (χ3n) is 6.92. The lowest BCUT2D eigenvalue weighted by atomic mass is 10.1. The van der Waals surface area contributed by atoms with Gasteiger partial charge in [-0.1, -0.05) is 6.07 Å². The number of piperidine rings is 1. The number of nitrogens with two attached hydrogens (primary N) is 1. The number of nitrogens with one attached hydrogen (secondary N) is 2. The molecular formula is C26H27N9O2. The summed E-state index contributed by atoms with van der Waals surface area (Å²) in [5, 5.41) is 12.9. The molecule has 0 spiro atoms. The Kier molecular flexibility index (Phi) is 5.68. The highest BCUT2D eigenvalue weighted by Gasteiger charge is 2.24. The SMILES string of the molecule is COc1cc(-c2nn(C3CCNCC3)c3ncnc(N)c23)ccc1NC(=O)c1cc2cccnc2n1C. The number of amides is 1. The minimum absolute atomic E-state index is 0.225. The summed E-state index contributed by atoms with van der Waals surface area (Å²) in [5.74, 6) is 0.619. The Bertz CT molecular complexity index is 1630. The first-order chi connectivity index (χ1) is 18.0. The summed E-state index contributed by atoms with van der Waals surface area (Å²) >= 11 is 0. The summed E-state index contributed by atoms with van der Waals surface area (Å²) in [4.78, 5) is 26.3. The summed E-state index contributed by atoms with van der Waals surface area (Å²) in [5.41, 5.74) is 10.3. The number of hydrogen-bond acceptors (Lipinski definition) is 8. The summed E-state index contributed by atoms with van der Waals surface area (Å²) in [6.07, 6.45) is 5.10. The van der Waals surface area contributed by atoms with Gasteiger partial charge in [-0.05, 0) is 56.3 Å². The van der Waals surface area contributed by atoms with Crippen molar-refractivity contribution in [2.45, 2.75) is 18.9 Å². The van der Waals surface area contributed by atoms with E-state index in [2.05, 4.69) is 25.6 Å². The first-order valence-electron chi connectivity index (χ1n) is 12.1. The first-order valence-corrected chi connectivity index (χ1v) is 12.1. The van der Waals surface area contributed by atoms with E-state index in [1.54, 1.807) is 17.9 Å². The van der Waals surface area contributed by atoms with Gasteiger partial charge in [-0.25, -0.2) is 19.6 Å². The van der Waals surface area contributed by atoms with E-state index in [0.29, 0.717) is 34.0 Å². The number of ether oxygens (including phenoxy) is 1. The van der Waals surface area contributed by atoms with Crippen LogP contribution < -0.4 is 21.1 Å². The number of benzene rings is 1. The van der Waals surface area contributed by atoms with Gasteiger partial charge in [-0.2, -0.15) is 5.10 Å². The van der Waals surface area contributed by atoms with Gasteiger partial charge in [0.25, 0.3) is 5.91 Å². The van der Waals surface area contributed by atoms with Crippen molar-refractivity contribution in [1.29, 1.82) is 0 Å². The summed E-state index contributed by atoms with van der Waals surface area (Å²) in [7, 11) is 3.39. The van der Waals surface area contributed by atoms with Crippen LogP contribution in [0.5, 0.6) is 5.75 Å². The Labute approximate surface area is 212 Å². The predicted molar refractivity (Wildman–Crippen MR) is 142 cm³/mol. The number of carbonyl (C=O) groups is 1. The van der Waals surface area contributed by atoms with Crippen LogP contribution in [0.25, 0.3) is 33.3 Å². The molecule has 188 valence electrons. The van der Waals surface area contributed by atoms with Crippen molar-refractivity contribution in [1.82, 2.24) is 34.6 Å². The molecule has 1 aliphatic heterocycles. The lowest BCUT2D eigenvalue weighted by Crippen LogP contribution is -2.30. The molecule has 0 atom stereocenters. The summed E-state index contributed by atoms with van der Waals surface area (Å²) < 4.78 is 9.40. The van der Waals surface area contributed by atoms with Crippen LogP contribution in [0, 0.1) is 0 Å². The topological polar surface area (TPSA) is 138 Å². The lowest BCUT2D eigenvalue weighted by molar-refractivity contribution is 0.101. The highest BCUT2D eigenvalue weighted by Crippen LogP contribution is 2.37. The van der Waals surface area contributed by atoms with Crippen molar-refractivity contribution < 1.29 is 9.53 Å². The number of carbonyl (C=O) groups excluding carboxylic acids is 1. The maximum Gasteiger partial charge on any atom is 0.272 e. The number of nitrogen functional groups attached to an aromatic ring is 1. The fourth-order valence-corrected chi connectivity index (χ4v) is 5.01. The van der Waals surface area contributed by atoms with Crippen LogP contribution in [0.15, 0.2) is 48.9 Å². The van der Waals surface area contributed by atoms with Crippen molar-refractivity contribution >= 4 is 39.5 Å². The number of fused-ring (bicyclic) bond motifs is 2. The quantitative estimate of drug-likeness (QED) is 0.337. The molecule has 11 heteroatoms. The average Bonchev–Trinajstić information content (AvgIpc) is 3.49. The predicted octanol–water partition coefficient (Wildman–Crippen LogP) is 3.15. The minimum atomic E-state index is -0.259. The highest BCUT2D eigenvalue weighted by molar-refractivity contribution is 6.07. The second-order valence-electron chi connectivity index (χ2n) is 9.11. The van der Waals surface area contributed by atoms with Crippen molar-refractivity contribution in [3.8, 4) is 17.0 Å². The zero-order valence-corrected chi connectivity index (χ0v) is 20.6. The van der Waals surface area contributed by atoms with Crippen LogP contribution in [-0.2, 0) is 7.05 Å². The van der Waals surface area contributed by atoms with Crippen molar-refractivity contribution in [2.75, 3.05) is 31.2 Å². The number of aryl methyl sites for hydroxylation is 1. The summed E-state index contributed by atoms with van der Waals surface area (Å²) in [6, 6.07) is 11.4. The molecule has 37 heavy (non-hydrogen) atoms. The van der Waals surface area contributed by atoms with Crippen molar-refractivity contribution in [3.05, 3.63) is 54.6 Å². The van der Waals surface area contributed by atoms with Gasteiger partial charge in [0.05, 0.1) is 24.2 Å². The molecule has 1 saturated heterocycles. The van der Waals surface area contributed by atoms with Gasteiger partial charge in [0.15, 0.2) is 5.65 Å². The molecule has 1 fully saturated rings. The third kappa shape index (κ3) is 3.93. The molecule has 4 aromatic heterocycles. The number of hydrogen-bond donors (Lipinski definition) is 3. The molecule has 1 aromatic carbocycles. The summed E-state index contributed by atoms with van der Waals surface area (Å²) in [6.45, 7) is 1.85. The maximum atomic E-state index is 13.2. The van der Waals surface area contributed by atoms with Crippen LogP contribution in [-0.4, -0.2) is 55.4 Å². The molecule has 5 heterocycles. The van der Waals surface area contributed by atoms with Crippen LogP contribution in [0.3, 0.4) is 0 Å². The molecule has 0 bridgehead atoms. The van der Waals surface area contributed by atoms with E-state index in [1.165, 1.54) is 6.33 Å². The number of anilines is 2. The zero-order valence-electron chi connectivity index (χ0n) is 20.6. The van der Waals surface area contributed by atoms with Gasteiger partial charge in [-0.3, -0.25) is 4.79 Å². The molecule has 0 aliphatic carbocycles. The standard InChI is InChI=1S/C26H27N9O2/c1-34-19(12-16-4-3-9-29-24(16)34)26(36)32-18-6-5-15(13-20(18)37-2)22-21-23(27)30-14-31-25(21)35(33-22)17-7-10-28-11-8-17/h3-6,9,12-14,17,28H,7-8,10-11H2,1-2H3,(H,32,36)(H2,27,30,31). The van der Waals surface area contributed by atoms with Gasteiger partial charge in [-0.15, -0.1) is 0 Å². The van der Waals surface area contributed by atoms with Gasteiger partial charge in [0, 0.05) is 24.2 Å². The largest absolute Gasteiger partial charge is 0.495 e. The van der Waals surface area contributed by atoms with Crippen LogP contribution in [0.1, 0.15) is 29.4 Å². The zero-order chi connectivity index (χ0) is 25.5. The van der Waals surface area contributed by atoms with E-state index in [9.17, 15) is 4.79 Å². The number of aromatic nitrogens is 6. The van der Waals surface area contributed by atoms with E-state index in [1.807, 2.05) is 48.1 Å². The Morgan fingerprint density at radius 2 is 1.97 bits per heavy atom. The lowest BCUT2D eigenvalue weighted by Gasteiger charge is -2.23. The Morgan fingerprint density at radius 1 is 1.14 bits per heavy atom. The van der Waals surface area contributed by atoms with E-state index in [4.69, 9.17) is 15.6 Å². The molecule has 0 saturated carbocycles. The molecule has 6 rings (SSSR count). The highest BCUT2D eigenvalue weighted by atomic mass is 16.5. The number of pyridine rings is 1. The molecule has 11 nitrogen and oxygen atoms in total. The van der Waals surface area contributed by atoms with E-state index >= 15 is 0 Å². The van der Waals surface area contributed by atoms with Gasteiger partial charge in [0.2, 0.25) is 0 Å². The monoisotopic (exact) mass is 497 g/mol. The molecule has 1 aliphatic rings. The van der Waals surface area contributed by atoms with E-state index in [-0.39, 0.29) is 11.9 Å². The number of nitrogens with zero attached hydrogens (tertiary/aromatic N) is 6. The second kappa shape index (κ2) is 9.17. The van der Waals surface area contributed by atoms with Crippen LogP contribution in [0.2, 0.25) is 0 Å². The molecule has 0 radical (unpaired) electrons. The second-order valence-corrected chi connectivity index (χ2v) is 9.11. The van der Waals surface area contributed by atoms with Crippen LogP contribution >= 0.6 is 0 Å². The first kappa shape index (κ1) is 22.9. The molecule has 1 amide bonds. The molecule has 4 N–H and O–H groups in total. The Balaban J connectivity index is 1.37. The Hall–Kier alpha value is -4.51. The number of methoxy groups -OCH3 is 1. The van der Waals surface area contributed by atoms with E-state index < -0.39 is 0 Å². The van der Waals surface area contributed by atoms with Crippen molar-refractivity contribution in [3.63, 3.8) is 0 Å². The minimum Gasteiger partial charge on any atom is -0.495 e. The van der Waals surface area contributed by atoms with Gasteiger partial charge < -0.3 is 25.7 Å². The van der Waals surface area contributed by atoms with Crippen molar-refractivity contribution in [2.24, 2.45) is 7.05 Å². The normalized spacial score (nSPS) is 14.3. The van der Waals surface area contributed by atoms with Gasteiger partial charge >= 0.3 is 0 Å². The molecule has 0 unspecified atom stereocenters. The third-order valence-corrected chi connectivity index (χ3v) is 6.92. The Morgan fingerprint density at radius 3 is 2.76 bits per heavy atom. The van der Waals surface area contributed by atoms with Crippen LogP contribution in [0.4, 0.5) is 11.5 Å². The average molecular weight is 498 g/mol.